The quantitative estimate of drug-likeness (QED) is 0.794. The second kappa shape index (κ2) is 5.68. The smallest absolute Gasteiger partial charge is 0.315 e. The molecule has 0 radical (unpaired) electrons. The van der Waals surface area contributed by atoms with Gasteiger partial charge < -0.3 is 10.6 Å². The largest absolute Gasteiger partial charge is 0.323 e. The Kier molecular flexibility index (Phi) is 4.52. The number of nitrogens with zero attached hydrogens (tertiary/aromatic N) is 1. The molecule has 0 aliphatic heterocycles. The van der Waals surface area contributed by atoms with Gasteiger partial charge in [-0.3, -0.25) is 0 Å². The molecular formula is C12H16ClN3O. The molecule has 0 aromatic carbocycles. The van der Waals surface area contributed by atoms with Crippen molar-refractivity contribution in [3.63, 3.8) is 0 Å². The van der Waals surface area contributed by atoms with Gasteiger partial charge in [0, 0.05) is 12.4 Å². The molecule has 0 aliphatic carbocycles. The maximum atomic E-state index is 11.5. The number of hydrogen-bond donors (Lipinski definition) is 2. The first-order valence-electron chi connectivity index (χ1n) is 5.24. The molecular weight excluding hydrogens is 238 g/mol. The average Bonchev–Trinajstić information content (AvgIpc) is 2.19. The second-order valence-electron chi connectivity index (χ2n) is 4.64. The van der Waals surface area contributed by atoms with Crippen LogP contribution >= 0.6 is 11.6 Å². The Morgan fingerprint density at radius 2 is 2.18 bits per heavy atom. The molecule has 0 saturated carbocycles. The fraction of sp³-hybridized carbons (Fsp3) is 0.333. The lowest BCUT2D eigenvalue weighted by molar-refractivity contribution is 0.255. The van der Waals surface area contributed by atoms with Crippen LogP contribution in [0.4, 0.5) is 10.5 Å². The number of amides is 2. The highest BCUT2D eigenvalue weighted by Gasteiger charge is 2.06. The average molecular weight is 254 g/mol. The van der Waals surface area contributed by atoms with Gasteiger partial charge in [0.05, 0.1) is 5.69 Å². The number of rotatable bonds is 2. The van der Waals surface area contributed by atoms with Gasteiger partial charge in [-0.2, -0.15) is 0 Å². The van der Waals surface area contributed by atoms with E-state index in [0.717, 1.165) is 0 Å². The van der Waals surface area contributed by atoms with E-state index >= 15 is 0 Å². The molecule has 17 heavy (non-hydrogen) atoms. The molecule has 0 unspecified atom stereocenters. The molecule has 4 nitrogen and oxygen atoms in total. The topological polar surface area (TPSA) is 54.0 Å². The van der Waals surface area contributed by atoms with Crippen molar-refractivity contribution >= 4 is 23.3 Å². The second-order valence-corrected chi connectivity index (χ2v) is 5.00. The van der Waals surface area contributed by atoms with Crippen molar-refractivity contribution in [1.82, 2.24) is 10.3 Å². The fourth-order valence-corrected chi connectivity index (χ4v) is 1.17. The minimum absolute atomic E-state index is 0.0270. The number of nitrogens with one attached hydrogen (secondary N) is 2. The first-order chi connectivity index (χ1) is 7.88. The van der Waals surface area contributed by atoms with Crippen LogP contribution in [0.5, 0.6) is 0 Å². The van der Waals surface area contributed by atoms with E-state index in [4.69, 9.17) is 11.6 Å². The summed E-state index contributed by atoms with van der Waals surface area (Å²) in [6.45, 7) is 6.13. The van der Waals surface area contributed by atoms with Crippen LogP contribution in [-0.4, -0.2) is 11.0 Å². The summed E-state index contributed by atoms with van der Waals surface area (Å²) < 4.78 is 0. The Morgan fingerprint density at radius 1 is 1.47 bits per heavy atom. The first kappa shape index (κ1) is 13.5. The van der Waals surface area contributed by atoms with E-state index in [0.29, 0.717) is 5.69 Å². The Balaban J connectivity index is 2.51. The standard InChI is InChI=1S/C12H16ClN3O/c1-12(2,3)6-8-15-11(17)16-9-5-4-7-14-10(9)13/h4-8H,1-3H3,(H2,15,16,17)/b8-6+. The van der Waals surface area contributed by atoms with E-state index in [9.17, 15) is 4.79 Å². The summed E-state index contributed by atoms with van der Waals surface area (Å²) in [7, 11) is 0. The highest BCUT2D eigenvalue weighted by atomic mass is 35.5. The summed E-state index contributed by atoms with van der Waals surface area (Å²) >= 11 is 5.80. The lowest BCUT2D eigenvalue weighted by Crippen LogP contribution is -2.24. The van der Waals surface area contributed by atoms with Gasteiger partial charge >= 0.3 is 6.03 Å². The van der Waals surface area contributed by atoms with Crippen LogP contribution in [0.1, 0.15) is 20.8 Å². The van der Waals surface area contributed by atoms with Crippen LogP contribution < -0.4 is 10.6 Å². The maximum absolute atomic E-state index is 11.5. The third-order valence-electron chi connectivity index (χ3n) is 1.81. The van der Waals surface area contributed by atoms with Crippen LogP contribution in [0.25, 0.3) is 0 Å². The van der Waals surface area contributed by atoms with Crippen LogP contribution in [0, 0.1) is 5.41 Å². The summed E-state index contributed by atoms with van der Waals surface area (Å²) in [4.78, 5) is 15.3. The van der Waals surface area contributed by atoms with Gasteiger partial charge in [-0.25, -0.2) is 9.78 Å². The van der Waals surface area contributed by atoms with E-state index < -0.39 is 0 Å². The van der Waals surface area contributed by atoms with Gasteiger partial charge in [0.1, 0.15) is 0 Å². The predicted octanol–water partition coefficient (Wildman–Crippen LogP) is 3.42. The van der Waals surface area contributed by atoms with Gasteiger partial charge in [-0.15, -0.1) is 0 Å². The van der Waals surface area contributed by atoms with Gasteiger partial charge in [-0.1, -0.05) is 38.4 Å². The molecule has 1 heterocycles. The molecule has 0 aliphatic rings. The van der Waals surface area contributed by atoms with Crippen molar-refractivity contribution in [1.29, 1.82) is 0 Å². The molecule has 0 bridgehead atoms. The Morgan fingerprint density at radius 3 is 2.76 bits per heavy atom. The highest BCUT2D eigenvalue weighted by Crippen LogP contribution is 2.17. The number of carbonyl (C=O) groups excluding carboxylic acids is 1. The third kappa shape index (κ3) is 5.36. The first-order valence-corrected chi connectivity index (χ1v) is 5.62. The fourth-order valence-electron chi connectivity index (χ4n) is 1.01. The van der Waals surface area contributed by atoms with Gasteiger partial charge in [0.25, 0.3) is 0 Å². The number of allylic oxidation sites excluding steroid dienone is 1. The molecule has 0 spiro atoms. The van der Waals surface area contributed by atoms with E-state index in [2.05, 4.69) is 15.6 Å². The van der Waals surface area contributed by atoms with Gasteiger partial charge in [-0.05, 0) is 17.5 Å². The molecule has 92 valence electrons. The Bertz CT molecular complexity index is 424. The number of carbonyl (C=O) groups is 1. The van der Waals surface area contributed by atoms with Gasteiger partial charge in [0.2, 0.25) is 0 Å². The van der Waals surface area contributed by atoms with E-state index in [1.54, 1.807) is 24.5 Å². The van der Waals surface area contributed by atoms with Crippen LogP contribution in [0.15, 0.2) is 30.6 Å². The summed E-state index contributed by atoms with van der Waals surface area (Å²) in [6.07, 6.45) is 5.07. The number of hydrogen-bond acceptors (Lipinski definition) is 2. The summed E-state index contributed by atoms with van der Waals surface area (Å²) in [5, 5.41) is 5.46. The van der Waals surface area contributed by atoms with Crippen molar-refractivity contribution in [2.75, 3.05) is 5.32 Å². The summed E-state index contributed by atoms with van der Waals surface area (Å²) in [6, 6.07) is 3.04. The lowest BCUT2D eigenvalue weighted by Gasteiger charge is -2.11. The number of aromatic nitrogens is 1. The minimum Gasteiger partial charge on any atom is -0.315 e. The number of anilines is 1. The SMILES string of the molecule is CC(C)(C)/C=C/NC(=O)Nc1cccnc1Cl. The van der Waals surface area contributed by atoms with E-state index in [-0.39, 0.29) is 16.6 Å². The van der Waals surface area contributed by atoms with Crippen molar-refractivity contribution in [3.05, 3.63) is 35.8 Å². The zero-order valence-corrected chi connectivity index (χ0v) is 10.9. The van der Waals surface area contributed by atoms with E-state index in [1.165, 1.54) is 0 Å². The summed E-state index contributed by atoms with van der Waals surface area (Å²) in [5.74, 6) is 0. The molecule has 0 saturated heterocycles. The molecule has 1 aromatic rings. The Hall–Kier alpha value is -1.55. The van der Waals surface area contributed by atoms with Crippen molar-refractivity contribution in [2.45, 2.75) is 20.8 Å². The zero-order valence-electron chi connectivity index (χ0n) is 10.1. The summed E-state index contributed by atoms with van der Waals surface area (Å²) in [5.41, 5.74) is 0.509. The Labute approximate surface area is 106 Å². The number of pyridine rings is 1. The van der Waals surface area contributed by atoms with E-state index in [1.807, 2.05) is 26.8 Å². The maximum Gasteiger partial charge on any atom is 0.323 e. The highest BCUT2D eigenvalue weighted by molar-refractivity contribution is 6.32. The van der Waals surface area contributed by atoms with Crippen molar-refractivity contribution in [2.24, 2.45) is 5.41 Å². The molecule has 5 heteroatoms. The third-order valence-corrected chi connectivity index (χ3v) is 2.11. The van der Waals surface area contributed by atoms with Crippen LogP contribution in [-0.2, 0) is 0 Å². The van der Waals surface area contributed by atoms with Crippen molar-refractivity contribution in [3.8, 4) is 0 Å². The molecule has 1 rings (SSSR count). The predicted molar refractivity (Wildman–Crippen MR) is 70.0 cm³/mol. The van der Waals surface area contributed by atoms with Gasteiger partial charge in [0.15, 0.2) is 5.15 Å². The monoisotopic (exact) mass is 253 g/mol. The molecule has 0 fully saturated rings. The van der Waals surface area contributed by atoms with Crippen LogP contribution in [0.2, 0.25) is 5.15 Å². The lowest BCUT2D eigenvalue weighted by atomic mass is 9.97. The molecule has 2 amide bonds. The van der Waals surface area contributed by atoms with Crippen molar-refractivity contribution < 1.29 is 4.79 Å². The number of halogens is 1. The molecule has 0 atom stereocenters. The molecule has 2 N–H and O–H groups in total. The number of urea groups is 1. The van der Waals surface area contributed by atoms with Crippen LogP contribution in [0.3, 0.4) is 0 Å². The normalized spacial score (nSPS) is 11.5. The minimum atomic E-state index is -0.347. The molecule has 1 aromatic heterocycles. The zero-order chi connectivity index (χ0) is 12.9.